The van der Waals surface area contributed by atoms with E-state index in [-0.39, 0.29) is 26.7 Å². The van der Waals surface area contributed by atoms with Gasteiger partial charge < -0.3 is 5.32 Å². The second-order valence-corrected chi connectivity index (χ2v) is 9.51. The maximum Gasteiger partial charge on any atom is 0.417 e. The largest absolute Gasteiger partial charge is 0.417 e. The minimum Gasteiger partial charge on any atom is -0.349 e. The van der Waals surface area contributed by atoms with E-state index in [1.165, 1.54) is 0 Å². The lowest BCUT2D eigenvalue weighted by Crippen LogP contribution is -2.31. The molecule has 0 aliphatic rings. The lowest BCUT2D eigenvalue weighted by Gasteiger charge is -2.19. The van der Waals surface area contributed by atoms with Crippen LogP contribution in [0.15, 0.2) is 40.9 Å². The summed E-state index contributed by atoms with van der Waals surface area (Å²) in [6.07, 6.45) is -17.7. The predicted octanol–water partition coefficient (Wildman–Crippen LogP) is 9.07. The molecule has 1 amide bonds. The van der Waals surface area contributed by atoms with Gasteiger partial charge in [0, 0.05) is 17.5 Å². The summed E-state index contributed by atoms with van der Waals surface area (Å²) in [6.45, 7) is -1.11. The number of hydrogen-bond donors (Lipinski definition) is 1. The minimum atomic E-state index is -5.29. The summed E-state index contributed by atoms with van der Waals surface area (Å²) >= 11 is 14.6. The number of halogens is 13. The molecule has 0 aromatic heterocycles. The number of alkyl halides is 9. The average molecular weight is 677 g/mol. The molecule has 0 aliphatic heterocycles. The Labute approximate surface area is 232 Å². The summed E-state index contributed by atoms with van der Waals surface area (Å²) in [7, 11) is 0. The number of amides is 1. The van der Waals surface area contributed by atoms with Gasteiger partial charge in [0.25, 0.3) is 0 Å². The molecule has 1 N–H and O–H groups in total. The highest BCUT2D eigenvalue weighted by molar-refractivity contribution is 9.10. The zero-order valence-electron chi connectivity index (χ0n) is 18.9. The van der Waals surface area contributed by atoms with Crippen molar-refractivity contribution in [3.8, 4) is 0 Å². The molecule has 0 bridgehead atoms. The molecule has 0 fully saturated rings. The molecule has 39 heavy (non-hydrogen) atoms. The highest BCUT2D eigenvalue weighted by atomic mass is 79.9. The summed E-state index contributed by atoms with van der Waals surface area (Å²) in [5, 5.41) is 1.27. The highest BCUT2D eigenvalue weighted by Gasteiger charge is 2.41. The molecule has 1 unspecified atom stereocenters. The number of carbonyl (C=O) groups excluding carboxylic acids is 2. The average Bonchev–Trinajstić information content (AvgIpc) is 2.80. The van der Waals surface area contributed by atoms with Gasteiger partial charge in [0.2, 0.25) is 5.91 Å². The van der Waals surface area contributed by atoms with Crippen LogP contribution in [0.3, 0.4) is 0 Å². The molecule has 3 nitrogen and oxygen atoms in total. The first-order chi connectivity index (χ1) is 17.7. The SMILES string of the molecule is O=C(CCC(F)(F)F)NCC(=O)c1ccc(/C(F)=C/C(c2cc(Cl)c(Br)c(Cl)c2)C(F)(F)F)cc1C(F)(F)F. The van der Waals surface area contributed by atoms with Gasteiger partial charge in [0.1, 0.15) is 11.7 Å². The molecule has 2 aromatic rings. The van der Waals surface area contributed by atoms with Crippen LogP contribution in [-0.4, -0.2) is 30.6 Å². The van der Waals surface area contributed by atoms with Crippen LogP contribution in [0.25, 0.3) is 5.83 Å². The van der Waals surface area contributed by atoms with Crippen molar-refractivity contribution < 1.29 is 53.5 Å². The lowest BCUT2D eigenvalue weighted by molar-refractivity contribution is -0.144. The first-order valence-electron chi connectivity index (χ1n) is 10.4. The number of hydrogen-bond acceptors (Lipinski definition) is 2. The van der Waals surface area contributed by atoms with Crippen LogP contribution in [0.4, 0.5) is 43.9 Å². The fourth-order valence-corrected chi connectivity index (χ4v) is 3.90. The fourth-order valence-electron chi connectivity index (χ4n) is 3.17. The monoisotopic (exact) mass is 675 g/mol. The molecule has 1 atom stereocenters. The van der Waals surface area contributed by atoms with Crippen molar-refractivity contribution in [2.45, 2.75) is 37.3 Å². The number of ketones is 1. The Morgan fingerprint density at radius 1 is 0.949 bits per heavy atom. The van der Waals surface area contributed by atoms with E-state index < -0.39 is 83.6 Å². The van der Waals surface area contributed by atoms with E-state index in [9.17, 15) is 53.5 Å². The van der Waals surface area contributed by atoms with Crippen LogP contribution in [0.2, 0.25) is 10.0 Å². The van der Waals surface area contributed by atoms with E-state index in [2.05, 4.69) is 15.9 Å². The van der Waals surface area contributed by atoms with Crippen LogP contribution in [0.5, 0.6) is 0 Å². The van der Waals surface area contributed by atoms with Crippen LogP contribution in [0.1, 0.15) is 45.8 Å². The molecule has 0 radical (unpaired) electrons. The Kier molecular flexibility index (Phi) is 10.5. The smallest absolute Gasteiger partial charge is 0.349 e. The van der Waals surface area contributed by atoms with Crippen molar-refractivity contribution >= 4 is 56.6 Å². The number of carbonyl (C=O) groups is 2. The molecule has 16 heteroatoms. The quantitative estimate of drug-likeness (QED) is 0.172. The Morgan fingerprint density at radius 3 is 2.00 bits per heavy atom. The first-order valence-corrected chi connectivity index (χ1v) is 11.9. The van der Waals surface area contributed by atoms with Crippen molar-refractivity contribution in [1.29, 1.82) is 0 Å². The van der Waals surface area contributed by atoms with Gasteiger partial charge in [-0.2, -0.15) is 39.5 Å². The Bertz CT molecular complexity index is 1250. The third-order valence-corrected chi connectivity index (χ3v) is 6.92. The van der Waals surface area contributed by atoms with Crippen LogP contribution >= 0.6 is 39.1 Å². The topological polar surface area (TPSA) is 46.2 Å². The normalized spacial score (nSPS) is 13.8. The Hall–Kier alpha value is -2.32. The molecule has 0 saturated carbocycles. The summed E-state index contributed by atoms with van der Waals surface area (Å²) in [5.41, 5.74) is -4.40. The second-order valence-electron chi connectivity index (χ2n) is 7.91. The van der Waals surface area contributed by atoms with E-state index >= 15 is 0 Å². The number of benzene rings is 2. The van der Waals surface area contributed by atoms with Crippen molar-refractivity contribution in [2.24, 2.45) is 0 Å². The maximum atomic E-state index is 14.9. The van der Waals surface area contributed by atoms with Gasteiger partial charge in [0.15, 0.2) is 5.78 Å². The van der Waals surface area contributed by atoms with Gasteiger partial charge in [-0.15, -0.1) is 0 Å². The van der Waals surface area contributed by atoms with E-state index in [1.54, 1.807) is 5.32 Å². The summed E-state index contributed by atoms with van der Waals surface area (Å²) in [6, 6.07) is 2.86. The van der Waals surface area contributed by atoms with Crippen LogP contribution in [0, 0.1) is 0 Å². The predicted molar refractivity (Wildman–Crippen MR) is 126 cm³/mol. The number of rotatable bonds is 8. The van der Waals surface area contributed by atoms with Gasteiger partial charge in [-0.25, -0.2) is 4.39 Å². The van der Waals surface area contributed by atoms with Crippen molar-refractivity contribution in [1.82, 2.24) is 5.32 Å². The Morgan fingerprint density at radius 2 is 1.51 bits per heavy atom. The number of Topliss-reactive ketones (excluding diaryl/α,β-unsaturated/α-hetero) is 1. The van der Waals surface area contributed by atoms with E-state index in [1.807, 2.05) is 0 Å². The van der Waals surface area contributed by atoms with Crippen molar-refractivity contribution in [3.05, 3.63) is 73.2 Å². The maximum absolute atomic E-state index is 14.9. The molecule has 2 rings (SSSR count). The van der Waals surface area contributed by atoms with E-state index in [4.69, 9.17) is 23.2 Å². The minimum absolute atomic E-state index is 0.00769. The van der Waals surface area contributed by atoms with Crippen LogP contribution in [-0.2, 0) is 11.0 Å². The standard InChI is InChI=1S/C23H14BrCl2F10NO2/c24-20-15(25)6-11(7-16(20)26)13(22(31,32)33)8-17(27)10-1-2-12(14(5-10)23(34,35)36)18(38)9-37-19(39)3-4-21(28,29)30/h1-2,5-8,13H,3-4,9H2,(H,37,39)/b17-8-. The number of allylic oxidation sites excluding steroid dienone is 1. The summed E-state index contributed by atoms with van der Waals surface area (Å²) in [5.74, 6) is -7.04. The molecular weight excluding hydrogens is 663 g/mol. The van der Waals surface area contributed by atoms with Gasteiger partial charge in [-0.05, 0) is 45.8 Å². The molecule has 0 heterocycles. The fraction of sp³-hybridized carbons (Fsp3) is 0.304. The highest BCUT2D eigenvalue weighted by Crippen LogP contribution is 2.43. The van der Waals surface area contributed by atoms with Crippen LogP contribution < -0.4 is 5.32 Å². The van der Waals surface area contributed by atoms with E-state index in [0.717, 1.165) is 12.1 Å². The van der Waals surface area contributed by atoms with Gasteiger partial charge in [0.05, 0.1) is 33.0 Å². The molecule has 0 spiro atoms. The molecule has 0 aliphatic carbocycles. The first kappa shape index (κ1) is 32.9. The molecular formula is C23H14BrCl2F10NO2. The van der Waals surface area contributed by atoms with Gasteiger partial charge >= 0.3 is 18.5 Å². The van der Waals surface area contributed by atoms with Crippen molar-refractivity contribution in [2.75, 3.05) is 6.54 Å². The third kappa shape index (κ3) is 9.38. The van der Waals surface area contributed by atoms with E-state index in [0.29, 0.717) is 12.1 Å². The number of nitrogens with one attached hydrogen (secondary N) is 1. The molecule has 2 aromatic carbocycles. The Balaban J connectivity index is 2.41. The molecule has 214 valence electrons. The summed E-state index contributed by atoms with van der Waals surface area (Å²) < 4.78 is 134. The van der Waals surface area contributed by atoms with Gasteiger partial charge in [-0.1, -0.05) is 35.3 Å². The summed E-state index contributed by atoms with van der Waals surface area (Å²) in [4.78, 5) is 23.7. The lowest BCUT2D eigenvalue weighted by atomic mass is 9.95. The van der Waals surface area contributed by atoms with Crippen molar-refractivity contribution in [3.63, 3.8) is 0 Å². The second kappa shape index (κ2) is 12.5. The van der Waals surface area contributed by atoms with Gasteiger partial charge in [-0.3, -0.25) is 9.59 Å². The third-order valence-electron chi connectivity index (χ3n) is 5.01. The zero-order chi connectivity index (χ0) is 29.9. The molecule has 0 saturated heterocycles. The zero-order valence-corrected chi connectivity index (χ0v) is 22.0.